The van der Waals surface area contributed by atoms with E-state index in [2.05, 4.69) is 94.3 Å². The predicted octanol–water partition coefficient (Wildman–Crippen LogP) is 9.82. The Morgan fingerprint density at radius 3 is 1.52 bits per heavy atom. The first-order valence-corrected chi connectivity index (χ1v) is 12.5. The van der Waals surface area contributed by atoms with Gasteiger partial charge in [-0.2, -0.15) is 0 Å². The van der Waals surface area contributed by atoms with Crippen molar-refractivity contribution in [1.29, 1.82) is 0 Å². The number of halogens is 2. The maximum atomic E-state index is 6.42. The molecule has 7 rings (SSSR count). The third kappa shape index (κ3) is 2.54. The molecule has 0 fully saturated rings. The lowest BCUT2D eigenvalue weighted by Crippen LogP contribution is -2.21. The van der Waals surface area contributed by atoms with Crippen LogP contribution in [0.2, 0.25) is 0 Å². The molecule has 33 heavy (non-hydrogen) atoms. The Hall–Kier alpha value is -2.82. The van der Waals surface area contributed by atoms with Crippen molar-refractivity contribution in [1.82, 2.24) is 0 Å². The average Bonchev–Trinajstić information content (AvgIpc) is 3.36. The first-order chi connectivity index (χ1) is 15.9. The fourth-order valence-corrected chi connectivity index (χ4v) is 6.66. The van der Waals surface area contributed by atoms with E-state index in [9.17, 15) is 0 Å². The van der Waals surface area contributed by atoms with Crippen molar-refractivity contribution in [2.45, 2.75) is 19.3 Å². The number of hydrogen-bond donors (Lipinski definition) is 0. The van der Waals surface area contributed by atoms with E-state index in [0.29, 0.717) is 0 Å². The lowest BCUT2D eigenvalue weighted by Gasteiger charge is -2.29. The van der Waals surface area contributed by atoms with Gasteiger partial charge in [-0.1, -0.05) is 94.3 Å². The van der Waals surface area contributed by atoms with E-state index in [1.54, 1.807) is 0 Å². The van der Waals surface area contributed by atoms with E-state index >= 15 is 0 Å². The molecular weight excluding hydrogens is 540 g/mol. The third-order valence-electron chi connectivity index (χ3n) is 7.04. The maximum absolute atomic E-state index is 6.42. The summed E-state index contributed by atoms with van der Waals surface area (Å²) in [5.74, 6) is 0. The van der Waals surface area contributed by atoms with Crippen molar-refractivity contribution in [2.75, 3.05) is 0 Å². The SMILES string of the molecule is CC1(C)c2cc(Br)c3c(oc4ccccc43)c2C=Cc2c1cc(Br)c1c2oc2ccccc21. The molecule has 2 aromatic heterocycles. The lowest BCUT2D eigenvalue weighted by atomic mass is 9.75. The van der Waals surface area contributed by atoms with Crippen molar-refractivity contribution >= 4 is 87.9 Å². The molecule has 4 heteroatoms. The second-order valence-electron chi connectivity index (χ2n) is 9.20. The van der Waals surface area contributed by atoms with Gasteiger partial charge in [0.25, 0.3) is 0 Å². The molecule has 0 aliphatic heterocycles. The van der Waals surface area contributed by atoms with Gasteiger partial charge in [0.15, 0.2) is 0 Å². The zero-order chi connectivity index (χ0) is 22.5. The van der Waals surface area contributed by atoms with Crippen LogP contribution in [0.15, 0.2) is 78.4 Å². The highest BCUT2D eigenvalue weighted by Crippen LogP contribution is 2.49. The van der Waals surface area contributed by atoms with Crippen LogP contribution in [-0.4, -0.2) is 0 Å². The van der Waals surface area contributed by atoms with Crippen LogP contribution in [0.4, 0.5) is 0 Å². The van der Waals surface area contributed by atoms with Gasteiger partial charge in [0.2, 0.25) is 0 Å². The summed E-state index contributed by atoms with van der Waals surface area (Å²) in [7, 11) is 0. The quantitative estimate of drug-likeness (QED) is 0.186. The van der Waals surface area contributed by atoms with Gasteiger partial charge in [-0.3, -0.25) is 0 Å². The van der Waals surface area contributed by atoms with Crippen molar-refractivity contribution in [3.05, 3.63) is 91.9 Å². The normalized spacial score (nSPS) is 14.8. The van der Waals surface area contributed by atoms with Gasteiger partial charge in [-0.05, 0) is 35.4 Å². The van der Waals surface area contributed by atoms with Gasteiger partial charge in [0.1, 0.15) is 22.3 Å². The molecule has 0 bridgehead atoms. The molecule has 0 unspecified atom stereocenters. The topological polar surface area (TPSA) is 26.3 Å². The molecule has 0 radical (unpaired) electrons. The molecule has 1 aliphatic rings. The number of para-hydroxylation sites is 2. The van der Waals surface area contributed by atoms with E-state index in [1.807, 2.05) is 24.3 Å². The smallest absolute Gasteiger partial charge is 0.144 e. The second kappa shape index (κ2) is 6.62. The Balaban J connectivity index is 1.63. The molecule has 6 aromatic rings. The molecule has 0 amide bonds. The molecule has 0 atom stereocenters. The Labute approximate surface area is 207 Å². The second-order valence-corrected chi connectivity index (χ2v) is 10.9. The zero-order valence-corrected chi connectivity index (χ0v) is 21.2. The fraction of sp³-hybridized carbons (Fsp3) is 0.103. The third-order valence-corrected chi connectivity index (χ3v) is 8.29. The van der Waals surface area contributed by atoms with E-state index in [0.717, 1.165) is 63.9 Å². The summed E-state index contributed by atoms with van der Waals surface area (Å²) in [6, 6.07) is 21.0. The minimum atomic E-state index is -0.278. The average molecular weight is 558 g/mol. The first-order valence-electron chi connectivity index (χ1n) is 10.9. The van der Waals surface area contributed by atoms with Crippen LogP contribution < -0.4 is 0 Å². The van der Waals surface area contributed by atoms with E-state index in [4.69, 9.17) is 8.83 Å². The molecule has 0 saturated heterocycles. The molecular formula is C29H18Br2O2. The zero-order valence-electron chi connectivity index (χ0n) is 18.0. The summed E-state index contributed by atoms with van der Waals surface area (Å²) in [5, 5.41) is 4.48. The Kier molecular flexibility index (Phi) is 3.94. The number of hydrogen-bond acceptors (Lipinski definition) is 2. The first kappa shape index (κ1) is 19.6. The Morgan fingerprint density at radius 1 is 0.636 bits per heavy atom. The van der Waals surface area contributed by atoms with Crippen molar-refractivity contribution in [3.63, 3.8) is 0 Å². The molecule has 2 heterocycles. The van der Waals surface area contributed by atoms with Gasteiger partial charge in [-0.15, -0.1) is 0 Å². The summed E-state index contributed by atoms with van der Waals surface area (Å²) < 4.78 is 15.0. The number of fused-ring (bicyclic) bond motifs is 10. The lowest BCUT2D eigenvalue weighted by molar-refractivity contribution is 0.625. The molecule has 0 N–H and O–H groups in total. The highest BCUT2D eigenvalue weighted by molar-refractivity contribution is 9.11. The van der Waals surface area contributed by atoms with Gasteiger partial charge in [0.05, 0.1) is 0 Å². The highest BCUT2D eigenvalue weighted by atomic mass is 79.9. The van der Waals surface area contributed by atoms with E-state index < -0.39 is 0 Å². The number of benzene rings is 4. The fourth-order valence-electron chi connectivity index (χ4n) is 5.42. The van der Waals surface area contributed by atoms with Crippen LogP contribution in [0.5, 0.6) is 0 Å². The molecule has 1 aliphatic carbocycles. The van der Waals surface area contributed by atoms with Crippen LogP contribution in [0.25, 0.3) is 56.0 Å². The van der Waals surface area contributed by atoms with Gasteiger partial charge < -0.3 is 8.83 Å². The van der Waals surface area contributed by atoms with Gasteiger partial charge in [-0.25, -0.2) is 0 Å². The van der Waals surface area contributed by atoms with Crippen molar-refractivity contribution in [3.8, 4) is 0 Å². The summed E-state index contributed by atoms with van der Waals surface area (Å²) in [4.78, 5) is 0. The molecule has 0 saturated carbocycles. The number of rotatable bonds is 0. The van der Waals surface area contributed by atoms with Crippen LogP contribution in [0, 0.1) is 0 Å². The minimum Gasteiger partial charge on any atom is -0.455 e. The van der Waals surface area contributed by atoms with Crippen LogP contribution in [0.3, 0.4) is 0 Å². The summed E-state index contributed by atoms with van der Waals surface area (Å²) in [6.07, 6.45) is 4.39. The highest BCUT2D eigenvalue weighted by Gasteiger charge is 2.34. The van der Waals surface area contributed by atoms with Crippen LogP contribution in [-0.2, 0) is 5.41 Å². The van der Waals surface area contributed by atoms with Gasteiger partial charge >= 0.3 is 0 Å². The minimum absolute atomic E-state index is 0.278. The van der Waals surface area contributed by atoms with Gasteiger partial charge in [0, 0.05) is 47.0 Å². The summed E-state index contributed by atoms with van der Waals surface area (Å²) >= 11 is 7.72. The molecule has 160 valence electrons. The summed E-state index contributed by atoms with van der Waals surface area (Å²) in [6.45, 7) is 4.55. The summed E-state index contributed by atoms with van der Waals surface area (Å²) in [5.41, 5.74) is 8.03. The number of furan rings is 2. The molecule has 0 spiro atoms. The Bertz CT molecular complexity index is 1680. The molecule has 2 nitrogen and oxygen atoms in total. The van der Waals surface area contributed by atoms with Crippen LogP contribution in [0.1, 0.15) is 36.1 Å². The monoisotopic (exact) mass is 556 g/mol. The van der Waals surface area contributed by atoms with Crippen LogP contribution >= 0.6 is 31.9 Å². The Morgan fingerprint density at radius 2 is 1.06 bits per heavy atom. The standard InChI is InChI=1S/C29H18Br2O2/c1-29(2)19-13-21(30)25-17-7-3-5-9-23(17)32-27(25)15(19)11-12-16-20(29)14-22(31)26-18-8-4-6-10-24(18)33-28(16)26/h3-14H,1-2H3. The molecule has 4 aromatic carbocycles. The van der Waals surface area contributed by atoms with Crippen molar-refractivity contribution in [2.24, 2.45) is 0 Å². The maximum Gasteiger partial charge on any atom is 0.144 e. The van der Waals surface area contributed by atoms with E-state index in [1.165, 1.54) is 11.1 Å². The largest absolute Gasteiger partial charge is 0.455 e. The van der Waals surface area contributed by atoms with Crippen molar-refractivity contribution < 1.29 is 8.83 Å². The van der Waals surface area contributed by atoms with E-state index in [-0.39, 0.29) is 5.41 Å². The predicted molar refractivity (Wildman–Crippen MR) is 144 cm³/mol.